The summed E-state index contributed by atoms with van der Waals surface area (Å²) >= 11 is 0. The molecule has 0 aliphatic heterocycles. The molecule has 2 aliphatic carbocycles. The van der Waals surface area contributed by atoms with Gasteiger partial charge in [0.2, 0.25) is 0 Å². The first-order valence-corrected chi connectivity index (χ1v) is 14.2. The quantitative estimate of drug-likeness (QED) is 0.299. The van der Waals surface area contributed by atoms with Crippen molar-refractivity contribution in [3.63, 3.8) is 0 Å². The van der Waals surface area contributed by atoms with E-state index >= 15 is 0 Å². The van der Waals surface area contributed by atoms with Crippen molar-refractivity contribution in [2.24, 2.45) is 17.8 Å². The van der Waals surface area contributed by atoms with E-state index in [0.29, 0.717) is 34.4 Å². The van der Waals surface area contributed by atoms with Crippen LogP contribution in [-0.2, 0) is 4.79 Å². The molecule has 0 radical (unpaired) electrons. The third-order valence-electron chi connectivity index (χ3n) is 8.53. The predicted octanol–water partition coefficient (Wildman–Crippen LogP) is 6.34. The number of fused-ring (bicyclic) bond motifs is 2. The predicted molar refractivity (Wildman–Crippen MR) is 153 cm³/mol. The summed E-state index contributed by atoms with van der Waals surface area (Å²) in [7, 11) is 0. The molecule has 1 aromatic carbocycles. The van der Waals surface area contributed by atoms with Crippen molar-refractivity contribution in [3.05, 3.63) is 58.8 Å². The van der Waals surface area contributed by atoms with Crippen LogP contribution in [0.25, 0.3) is 22.3 Å². The summed E-state index contributed by atoms with van der Waals surface area (Å²) in [5, 5.41) is 8.29. The highest BCUT2D eigenvalue weighted by Crippen LogP contribution is 2.40. The molecule has 0 spiro atoms. The van der Waals surface area contributed by atoms with Gasteiger partial charge in [-0.25, -0.2) is 9.67 Å². The van der Waals surface area contributed by atoms with Gasteiger partial charge >= 0.3 is 0 Å². The summed E-state index contributed by atoms with van der Waals surface area (Å²) < 4.78 is 1.81. The third kappa shape index (κ3) is 5.19. The molecule has 1 saturated carbocycles. The van der Waals surface area contributed by atoms with E-state index in [9.17, 15) is 14.4 Å². The molecule has 1 N–H and O–H groups in total. The molecule has 2 aromatic heterocycles. The van der Waals surface area contributed by atoms with Gasteiger partial charge in [-0.15, -0.1) is 0 Å². The molecule has 7 nitrogen and oxygen atoms in total. The fourth-order valence-corrected chi connectivity index (χ4v) is 6.36. The first-order valence-electron chi connectivity index (χ1n) is 14.2. The van der Waals surface area contributed by atoms with Gasteiger partial charge in [-0.05, 0) is 71.4 Å². The molecule has 3 unspecified atom stereocenters. The van der Waals surface area contributed by atoms with Crippen molar-refractivity contribution < 1.29 is 14.4 Å². The van der Waals surface area contributed by atoms with Crippen LogP contribution in [0.4, 0.5) is 0 Å². The Kier molecular flexibility index (Phi) is 7.52. The van der Waals surface area contributed by atoms with Gasteiger partial charge in [0, 0.05) is 35.5 Å². The number of pyridine rings is 1. The molecular formula is C32H38N4O3. The highest BCUT2D eigenvalue weighted by atomic mass is 16.2. The molecule has 204 valence electrons. The van der Waals surface area contributed by atoms with E-state index in [1.807, 2.05) is 26.0 Å². The Hall–Kier alpha value is -3.61. The van der Waals surface area contributed by atoms with E-state index in [1.165, 1.54) is 18.1 Å². The fourth-order valence-electron chi connectivity index (χ4n) is 6.36. The Bertz CT molecular complexity index is 1480. The van der Waals surface area contributed by atoms with Crippen molar-refractivity contribution in [1.82, 2.24) is 20.1 Å². The van der Waals surface area contributed by atoms with Gasteiger partial charge in [-0.1, -0.05) is 42.7 Å². The Morgan fingerprint density at radius 2 is 1.97 bits per heavy atom. The average molecular weight is 527 g/mol. The molecule has 0 saturated heterocycles. The van der Waals surface area contributed by atoms with Gasteiger partial charge in [0.15, 0.2) is 11.4 Å². The van der Waals surface area contributed by atoms with Crippen LogP contribution in [0.2, 0.25) is 0 Å². The SMILES string of the molecule is CC(=O)c1cccc(-c2cc(C(=O)NCC3C(=O)C4CCCCC4=C(C)CC3C)c3cnn(C(C)C)c3n2)c1. The third-order valence-corrected chi connectivity index (χ3v) is 8.53. The maximum absolute atomic E-state index is 13.7. The van der Waals surface area contributed by atoms with Crippen LogP contribution in [-0.4, -0.2) is 38.8 Å². The highest BCUT2D eigenvalue weighted by Gasteiger charge is 2.38. The number of nitrogens with one attached hydrogen (secondary N) is 1. The second-order valence-corrected chi connectivity index (χ2v) is 11.6. The Balaban J connectivity index is 1.47. The largest absolute Gasteiger partial charge is 0.351 e. The number of carbonyl (C=O) groups excluding carboxylic acids is 3. The monoisotopic (exact) mass is 526 g/mol. The molecule has 1 fully saturated rings. The number of carbonyl (C=O) groups is 3. The average Bonchev–Trinajstić information content (AvgIpc) is 3.33. The van der Waals surface area contributed by atoms with E-state index in [2.05, 4.69) is 24.3 Å². The van der Waals surface area contributed by atoms with Crippen molar-refractivity contribution in [1.29, 1.82) is 0 Å². The number of nitrogens with zero attached hydrogens (tertiary/aromatic N) is 3. The van der Waals surface area contributed by atoms with Crippen molar-refractivity contribution >= 4 is 28.5 Å². The van der Waals surface area contributed by atoms with Gasteiger partial charge in [-0.2, -0.15) is 5.10 Å². The molecule has 7 heteroatoms. The molecule has 1 amide bonds. The molecule has 39 heavy (non-hydrogen) atoms. The second-order valence-electron chi connectivity index (χ2n) is 11.6. The summed E-state index contributed by atoms with van der Waals surface area (Å²) in [5.41, 5.74) is 5.75. The highest BCUT2D eigenvalue weighted by molar-refractivity contribution is 6.07. The summed E-state index contributed by atoms with van der Waals surface area (Å²) in [4.78, 5) is 44.3. The molecule has 3 aromatic rings. The lowest BCUT2D eigenvalue weighted by Gasteiger charge is -2.27. The smallest absolute Gasteiger partial charge is 0.252 e. The van der Waals surface area contributed by atoms with E-state index in [0.717, 1.165) is 37.7 Å². The van der Waals surface area contributed by atoms with Crippen LogP contribution < -0.4 is 5.32 Å². The van der Waals surface area contributed by atoms with Crippen molar-refractivity contribution in [3.8, 4) is 11.3 Å². The minimum Gasteiger partial charge on any atom is -0.351 e. The topological polar surface area (TPSA) is 94.0 Å². The van der Waals surface area contributed by atoms with Gasteiger partial charge in [-0.3, -0.25) is 14.4 Å². The second kappa shape index (κ2) is 10.9. The lowest BCUT2D eigenvalue weighted by Crippen LogP contribution is -2.38. The number of allylic oxidation sites excluding steroid dienone is 2. The fraction of sp³-hybridized carbons (Fsp3) is 0.469. The number of hydrogen-bond donors (Lipinski definition) is 1. The summed E-state index contributed by atoms with van der Waals surface area (Å²) in [5.74, 6) is -0.0382. The Morgan fingerprint density at radius 1 is 1.18 bits per heavy atom. The number of ketones is 2. The molecular weight excluding hydrogens is 488 g/mol. The number of benzene rings is 1. The summed E-state index contributed by atoms with van der Waals surface area (Å²) in [6, 6.07) is 9.11. The van der Waals surface area contributed by atoms with E-state index in [-0.39, 0.29) is 41.3 Å². The van der Waals surface area contributed by atoms with Gasteiger partial charge in [0.05, 0.1) is 22.8 Å². The minimum atomic E-state index is -0.243. The van der Waals surface area contributed by atoms with Gasteiger partial charge in [0.1, 0.15) is 5.78 Å². The number of Topliss-reactive ketones (excluding diaryl/α,β-unsaturated/α-hetero) is 2. The standard InChI is InChI=1S/C32H38N4O3/c1-18(2)36-31-28(17-34-36)26(15-29(35-31)23-10-8-9-22(14-23)21(5)37)32(39)33-16-27-20(4)13-19(3)24-11-6-7-12-25(24)30(27)38/h8-10,14-15,17-18,20,25,27H,6-7,11-13,16H2,1-5H3,(H,33,39). The van der Waals surface area contributed by atoms with Crippen molar-refractivity contribution in [2.75, 3.05) is 6.54 Å². The maximum Gasteiger partial charge on any atom is 0.252 e. The van der Waals surface area contributed by atoms with E-state index < -0.39 is 0 Å². The molecule has 0 bridgehead atoms. The number of rotatable bonds is 6. The zero-order valence-electron chi connectivity index (χ0n) is 23.6. The van der Waals surface area contributed by atoms with Crippen LogP contribution in [0, 0.1) is 17.8 Å². The molecule has 2 aliphatic rings. The molecule has 3 atom stereocenters. The summed E-state index contributed by atoms with van der Waals surface area (Å²) in [6.45, 7) is 10.2. The molecule has 5 rings (SSSR count). The van der Waals surface area contributed by atoms with Gasteiger partial charge < -0.3 is 5.32 Å². The van der Waals surface area contributed by atoms with Crippen LogP contribution in [0.1, 0.15) is 93.5 Å². The number of amides is 1. The minimum absolute atomic E-state index is 0.00247. The first-order chi connectivity index (χ1) is 18.7. The zero-order chi connectivity index (χ0) is 27.8. The number of aromatic nitrogens is 3. The van der Waals surface area contributed by atoms with E-state index in [4.69, 9.17) is 4.98 Å². The van der Waals surface area contributed by atoms with Crippen LogP contribution >= 0.6 is 0 Å². The Labute approximate surface area is 230 Å². The van der Waals surface area contributed by atoms with Gasteiger partial charge in [0.25, 0.3) is 5.91 Å². The Morgan fingerprint density at radius 3 is 2.72 bits per heavy atom. The van der Waals surface area contributed by atoms with Crippen LogP contribution in [0.15, 0.2) is 47.7 Å². The van der Waals surface area contributed by atoms with Crippen molar-refractivity contribution in [2.45, 2.75) is 72.8 Å². The molecule has 2 heterocycles. The van der Waals surface area contributed by atoms with Crippen LogP contribution in [0.5, 0.6) is 0 Å². The number of hydrogen-bond acceptors (Lipinski definition) is 5. The zero-order valence-corrected chi connectivity index (χ0v) is 23.6. The van der Waals surface area contributed by atoms with E-state index in [1.54, 1.807) is 29.1 Å². The lowest BCUT2D eigenvalue weighted by atomic mass is 9.77. The normalized spacial score (nSPS) is 21.7. The summed E-state index contributed by atoms with van der Waals surface area (Å²) in [6.07, 6.45) is 6.78. The maximum atomic E-state index is 13.7. The lowest BCUT2D eigenvalue weighted by molar-refractivity contribution is -0.127. The first kappa shape index (κ1) is 27.0. The van der Waals surface area contributed by atoms with Crippen LogP contribution in [0.3, 0.4) is 0 Å².